The van der Waals surface area contributed by atoms with Gasteiger partial charge in [-0.1, -0.05) is 121 Å². The van der Waals surface area contributed by atoms with Gasteiger partial charge in [0.2, 0.25) is 0 Å². The molecule has 6 heteroatoms. The number of fused-ring (bicyclic) bond motifs is 16. The largest absolute Gasteiger partial charge is 0.456 e. The van der Waals surface area contributed by atoms with Crippen LogP contribution in [0.25, 0.3) is 143 Å². The Balaban J connectivity index is 0.944. The minimum atomic E-state index is 0.395. The van der Waals surface area contributed by atoms with Gasteiger partial charge in [-0.25, -0.2) is 0 Å². The third kappa shape index (κ3) is 5.36. The summed E-state index contributed by atoms with van der Waals surface area (Å²) in [6, 6.07) is 76.7. The maximum Gasteiger partial charge on any atom is 0.136 e. The normalized spacial score (nSPS) is 12.0. The molecule has 11 aromatic carbocycles. The maximum atomic E-state index is 11.3. The number of furan rings is 2. The van der Waals surface area contributed by atoms with Crippen molar-refractivity contribution in [2.45, 2.75) is 0 Å². The predicted molar refractivity (Wildman–Crippen MR) is 285 cm³/mol. The average Bonchev–Trinajstić information content (AvgIpc) is 4.17. The van der Waals surface area contributed by atoms with Crippen molar-refractivity contribution in [1.29, 1.82) is 10.5 Å². The van der Waals surface area contributed by atoms with Gasteiger partial charge in [0, 0.05) is 48.8 Å². The lowest BCUT2D eigenvalue weighted by Crippen LogP contribution is -2.04. The summed E-state index contributed by atoms with van der Waals surface area (Å²) in [7, 11) is 0. The number of nitrogens with zero attached hydrogens (tertiary/aromatic N) is 4. The molecule has 0 radical (unpaired) electrons. The number of hydrogen-bond donors (Lipinski definition) is 0. The van der Waals surface area contributed by atoms with Crippen molar-refractivity contribution >= 4 is 109 Å². The van der Waals surface area contributed by atoms with E-state index in [0.717, 1.165) is 137 Å². The third-order valence-corrected chi connectivity index (χ3v) is 14.6. The van der Waals surface area contributed by atoms with Gasteiger partial charge in [-0.2, -0.15) is 10.5 Å². The fourth-order valence-corrected chi connectivity index (χ4v) is 11.4. The molecule has 4 heterocycles. The second-order valence-corrected chi connectivity index (χ2v) is 18.2. The minimum absolute atomic E-state index is 0.395. The van der Waals surface area contributed by atoms with Crippen LogP contribution in [0.4, 0.5) is 0 Å². The molecule has 0 amide bonds. The van der Waals surface area contributed by atoms with Crippen LogP contribution in [-0.4, -0.2) is 9.13 Å². The molecule has 0 saturated carbocycles. The van der Waals surface area contributed by atoms with Crippen molar-refractivity contribution in [3.63, 3.8) is 0 Å². The molecule has 0 aliphatic carbocycles. The van der Waals surface area contributed by atoms with Gasteiger partial charge >= 0.3 is 0 Å². The number of nitriles is 2. The average molecular weight is 891 g/mol. The summed E-state index contributed by atoms with van der Waals surface area (Å²) in [5.41, 5.74) is 13.4. The molecule has 70 heavy (non-hydrogen) atoms. The first-order chi connectivity index (χ1) is 34.6. The fraction of sp³-hybridized carbons (Fsp3) is 0. The Labute approximate surface area is 398 Å². The van der Waals surface area contributed by atoms with Crippen LogP contribution in [0, 0.1) is 22.7 Å². The Morgan fingerprint density at radius 3 is 1.23 bits per heavy atom. The lowest BCUT2D eigenvalue weighted by atomic mass is 9.99. The highest BCUT2D eigenvalue weighted by molar-refractivity contribution is 6.23. The highest BCUT2D eigenvalue weighted by atomic mass is 16.3. The predicted octanol–water partition coefficient (Wildman–Crippen LogP) is 17.1. The first kappa shape index (κ1) is 38.2. The molecule has 15 rings (SSSR count). The van der Waals surface area contributed by atoms with E-state index in [9.17, 15) is 10.5 Å². The second-order valence-electron chi connectivity index (χ2n) is 18.2. The summed E-state index contributed by atoms with van der Waals surface area (Å²) in [6.07, 6.45) is 0. The zero-order chi connectivity index (χ0) is 46.2. The Morgan fingerprint density at radius 1 is 0.314 bits per heavy atom. The molecule has 0 atom stereocenters. The lowest BCUT2D eigenvalue weighted by Gasteiger charge is -2.16. The topological polar surface area (TPSA) is 83.7 Å². The van der Waals surface area contributed by atoms with Crippen LogP contribution in [0.15, 0.2) is 215 Å². The van der Waals surface area contributed by atoms with E-state index in [1.54, 1.807) is 0 Å². The number of hydrogen-bond acceptors (Lipinski definition) is 4. The van der Waals surface area contributed by atoms with E-state index in [1.165, 1.54) is 0 Å². The van der Waals surface area contributed by atoms with E-state index < -0.39 is 0 Å². The lowest BCUT2D eigenvalue weighted by molar-refractivity contribution is 0.668. The van der Waals surface area contributed by atoms with E-state index in [-0.39, 0.29) is 0 Å². The molecular weight excluding hydrogens is 857 g/mol. The minimum Gasteiger partial charge on any atom is -0.456 e. The zero-order valence-corrected chi connectivity index (χ0v) is 37.2. The first-order valence-corrected chi connectivity index (χ1v) is 23.3. The van der Waals surface area contributed by atoms with Crippen molar-refractivity contribution in [2.75, 3.05) is 0 Å². The SMILES string of the molecule is N#Cc1cc(-n2c3ccc(-c4ccc5c(c4)oc4ccccc45)cc3c3c4ccccc4ccc32)cc(C#N)c1-n1c2ccc(-c3ccc4c(c3)oc3ccccc34)cc2c2c3ccccc3ccc21. The third-order valence-electron chi connectivity index (χ3n) is 14.6. The Hall–Kier alpha value is -9.88. The van der Waals surface area contributed by atoms with Gasteiger partial charge in [0.1, 0.15) is 34.5 Å². The number of benzene rings is 11. The van der Waals surface area contributed by atoms with Crippen LogP contribution in [0.2, 0.25) is 0 Å². The zero-order valence-electron chi connectivity index (χ0n) is 37.2. The van der Waals surface area contributed by atoms with Gasteiger partial charge in [-0.3, -0.25) is 0 Å². The van der Waals surface area contributed by atoms with Crippen LogP contribution in [0.3, 0.4) is 0 Å². The van der Waals surface area contributed by atoms with Crippen molar-refractivity contribution < 1.29 is 8.83 Å². The smallest absolute Gasteiger partial charge is 0.136 e. The molecule has 0 aliphatic rings. The molecule has 15 aromatic rings. The molecule has 322 valence electrons. The fourth-order valence-electron chi connectivity index (χ4n) is 11.4. The number of rotatable bonds is 4. The molecule has 4 aromatic heterocycles. The van der Waals surface area contributed by atoms with Gasteiger partial charge in [-0.15, -0.1) is 0 Å². The molecule has 0 saturated heterocycles. The summed E-state index contributed by atoms with van der Waals surface area (Å²) in [6.45, 7) is 0. The van der Waals surface area contributed by atoms with Crippen molar-refractivity contribution in [1.82, 2.24) is 9.13 Å². The van der Waals surface area contributed by atoms with Gasteiger partial charge in [0.15, 0.2) is 0 Å². The molecule has 0 fully saturated rings. The van der Waals surface area contributed by atoms with E-state index in [1.807, 2.05) is 48.5 Å². The van der Waals surface area contributed by atoms with Crippen molar-refractivity contribution in [3.8, 4) is 45.8 Å². The van der Waals surface area contributed by atoms with Crippen LogP contribution in [-0.2, 0) is 0 Å². The van der Waals surface area contributed by atoms with E-state index in [2.05, 4.69) is 179 Å². The summed E-state index contributed by atoms with van der Waals surface area (Å²) in [5, 5.41) is 35.6. The molecule has 6 nitrogen and oxygen atoms in total. The Kier molecular flexibility index (Phi) is 7.82. The number of aromatic nitrogens is 2. The molecule has 0 bridgehead atoms. The maximum absolute atomic E-state index is 11.3. The monoisotopic (exact) mass is 890 g/mol. The Bertz CT molecular complexity index is 4840. The van der Waals surface area contributed by atoms with Crippen molar-refractivity contribution in [2.24, 2.45) is 0 Å². The summed E-state index contributed by atoms with van der Waals surface area (Å²) >= 11 is 0. The Morgan fingerprint density at radius 2 is 0.714 bits per heavy atom. The molecular formula is C64H34N4O2. The van der Waals surface area contributed by atoms with Crippen LogP contribution in [0.5, 0.6) is 0 Å². The van der Waals surface area contributed by atoms with Crippen LogP contribution in [0.1, 0.15) is 11.1 Å². The van der Waals surface area contributed by atoms with E-state index in [0.29, 0.717) is 16.8 Å². The van der Waals surface area contributed by atoms with Gasteiger partial charge < -0.3 is 18.0 Å². The van der Waals surface area contributed by atoms with E-state index in [4.69, 9.17) is 8.83 Å². The highest BCUT2D eigenvalue weighted by Gasteiger charge is 2.24. The molecule has 0 spiro atoms. The summed E-state index contributed by atoms with van der Waals surface area (Å²) in [5.74, 6) is 0. The van der Waals surface area contributed by atoms with Crippen LogP contribution < -0.4 is 0 Å². The van der Waals surface area contributed by atoms with Gasteiger partial charge in [-0.05, 0) is 129 Å². The number of para-hydroxylation sites is 2. The highest BCUT2D eigenvalue weighted by Crippen LogP contribution is 2.44. The van der Waals surface area contributed by atoms with E-state index >= 15 is 0 Å². The molecule has 0 unspecified atom stereocenters. The van der Waals surface area contributed by atoms with Crippen LogP contribution >= 0.6 is 0 Å². The standard InChI is InChI=1S/C64H34N4O2/c65-35-43-29-45(67-54-25-21-39(31-52(54)62-46-11-3-1-9-37(46)19-27-56(62)67)41-17-23-50-48-13-5-7-15-58(48)69-60(50)33-41)30-44(36-66)64(43)68-55-26-22-40(32-53(55)63-47-12-4-2-10-38(47)20-28-57(63)68)42-18-24-51-49-14-6-8-16-59(49)70-61(51)34-42/h1-34H. The van der Waals surface area contributed by atoms with Gasteiger partial charge in [0.25, 0.3) is 0 Å². The van der Waals surface area contributed by atoms with Gasteiger partial charge in [0.05, 0.1) is 38.9 Å². The second kappa shape index (κ2) is 14.3. The van der Waals surface area contributed by atoms with Crippen molar-refractivity contribution in [3.05, 3.63) is 217 Å². The quantitative estimate of drug-likeness (QED) is 0.176. The molecule has 0 N–H and O–H groups in total. The summed E-state index contributed by atoms with van der Waals surface area (Å²) in [4.78, 5) is 0. The molecule has 0 aliphatic heterocycles. The summed E-state index contributed by atoms with van der Waals surface area (Å²) < 4.78 is 17.0. The first-order valence-electron chi connectivity index (χ1n) is 23.3.